The quantitative estimate of drug-likeness (QED) is 0.798. The monoisotopic (exact) mass is 332 g/mol. The number of carbonyl (C=O) groups is 1. The Bertz CT molecular complexity index is 606. The summed E-state index contributed by atoms with van der Waals surface area (Å²) in [5.74, 6) is 2.49. The van der Waals surface area contributed by atoms with Gasteiger partial charge >= 0.3 is 0 Å². The van der Waals surface area contributed by atoms with Gasteiger partial charge in [-0.2, -0.15) is 0 Å². The fourth-order valence-corrected chi connectivity index (χ4v) is 3.47. The van der Waals surface area contributed by atoms with Crippen molar-refractivity contribution in [1.82, 2.24) is 10.5 Å². The molecule has 0 aliphatic carbocycles. The number of rotatable bonds is 8. The number of hydrogen-bond donors (Lipinski definition) is 1. The van der Waals surface area contributed by atoms with E-state index in [0.717, 1.165) is 29.2 Å². The summed E-state index contributed by atoms with van der Waals surface area (Å²) in [7, 11) is 0. The molecule has 0 fully saturated rings. The maximum Gasteiger partial charge on any atom is 0.230 e. The lowest BCUT2D eigenvalue weighted by Crippen LogP contribution is -2.29. The molecule has 1 heterocycles. The second-order valence-corrected chi connectivity index (χ2v) is 6.60. The lowest BCUT2D eigenvalue weighted by Gasteiger charge is -2.16. The maximum atomic E-state index is 12.0. The molecule has 1 aromatic carbocycles. The van der Waals surface area contributed by atoms with Crippen LogP contribution in [0.3, 0.4) is 0 Å². The number of aryl methyl sites for hydroxylation is 2. The highest BCUT2D eigenvalue weighted by atomic mass is 32.2. The molecule has 1 amide bonds. The predicted octanol–water partition coefficient (Wildman–Crippen LogP) is 3.83. The number of thioether (sulfide) groups is 1. The van der Waals surface area contributed by atoms with Crippen LogP contribution in [0.25, 0.3) is 0 Å². The van der Waals surface area contributed by atoms with Crippen molar-refractivity contribution in [2.75, 3.05) is 12.3 Å². The molecular formula is C18H24N2O2S. The van der Waals surface area contributed by atoms with Crippen LogP contribution in [0.2, 0.25) is 0 Å². The largest absolute Gasteiger partial charge is 0.361 e. The Morgan fingerprint density at radius 2 is 2.04 bits per heavy atom. The molecule has 2 rings (SSSR count). The number of benzene rings is 1. The summed E-state index contributed by atoms with van der Waals surface area (Å²) in [5.41, 5.74) is 3.28. The summed E-state index contributed by atoms with van der Waals surface area (Å²) >= 11 is 1.59. The highest BCUT2D eigenvalue weighted by molar-refractivity contribution is 7.99. The molecule has 0 saturated carbocycles. The zero-order valence-electron chi connectivity index (χ0n) is 14.0. The molecule has 0 bridgehead atoms. The van der Waals surface area contributed by atoms with Crippen molar-refractivity contribution >= 4 is 17.7 Å². The average molecular weight is 332 g/mol. The highest BCUT2D eigenvalue weighted by Gasteiger charge is 2.12. The van der Waals surface area contributed by atoms with E-state index in [1.807, 2.05) is 32.0 Å². The van der Waals surface area contributed by atoms with Crippen molar-refractivity contribution in [3.63, 3.8) is 0 Å². The molecule has 1 unspecified atom stereocenters. The van der Waals surface area contributed by atoms with E-state index in [2.05, 4.69) is 29.5 Å². The van der Waals surface area contributed by atoms with Gasteiger partial charge in [0.1, 0.15) is 5.76 Å². The van der Waals surface area contributed by atoms with Gasteiger partial charge < -0.3 is 9.84 Å². The third-order valence-corrected chi connectivity index (χ3v) is 4.93. The number of carbonyl (C=O) groups excluding carboxylic acids is 1. The van der Waals surface area contributed by atoms with Crippen LogP contribution in [-0.2, 0) is 10.5 Å². The summed E-state index contributed by atoms with van der Waals surface area (Å²) in [6.45, 7) is 6.67. The molecule has 0 aliphatic rings. The van der Waals surface area contributed by atoms with Crippen molar-refractivity contribution in [2.45, 2.75) is 38.9 Å². The topological polar surface area (TPSA) is 55.1 Å². The second-order valence-electron chi connectivity index (χ2n) is 5.62. The summed E-state index contributed by atoms with van der Waals surface area (Å²) < 4.78 is 5.13. The Labute approximate surface area is 142 Å². The van der Waals surface area contributed by atoms with Gasteiger partial charge in [0.2, 0.25) is 5.91 Å². The van der Waals surface area contributed by atoms with Gasteiger partial charge in [-0.05, 0) is 25.8 Å². The average Bonchev–Trinajstić information content (AvgIpc) is 2.88. The molecule has 4 nitrogen and oxygen atoms in total. The molecule has 0 aliphatic heterocycles. The molecule has 23 heavy (non-hydrogen) atoms. The van der Waals surface area contributed by atoms with Gasteiger partial charge in [-0.15, -0.1) is 11.8 Å². The minimum absolute atomic E-state index is 0.0798. The van der Waals surface area contributed by atoms with Crippen LogP contribution in [0.1, 0.15) is 41.8 Å². The minimum atomic E-state index is 0.0798. The van der Waals surface area contributed by atoms with Gasteiger partial charge in [0.05, 0.1) is 11.4 Å². The normalized spacial score (nSPS) is 12.1. The molecule has 1 aromatic heterocycles. The van der Waals surface area contributed by atoms with Crippen LogP contribution in [0.15, 0.2) is 34.9 Å². The van der Waals surface area contributed by atoms with Crippen LogP contribution in [-0.4, -0.2) is 23.4 Å². The van der Waals surface area contributed by atoms with Crippen molar-refractivity contribution in [1.29, 1.82) is 0 Å². The summed E-state index contributed by atoms with van der Waals surface area (Å²) in [6, 6.07) is 10.3. The van der Waals surface area contributed by atoms with Gasteiger partial charge in [0.25, 0.3) is 0 Å². The lowest BCUT2D eigenvalue weighted by atomic mass is 9.96. The van der Waals surface area contributed by atoms with Gasteiger partial charge in [-0.25, -0.2) is 0 Å². The first-order chi connectivity index (χ1) is 11.1. The third-order valence-electron chi connectivity index (χ3n) is 3.97. The van der Waals surface area contributed by atoms with Crippen molar-refractivity contribution in [2.24, 2.45) is 0 Å². The van der Waals surface area contributed by atoms with Crippen LogP contribution < -0.4 is 5.32 Å². The Balaban J connectivity index is 1.74. The molecule has 0 saturated heterocycles. The number of amides is 1. The van der Waals surface area contributed by atoms with Crippen LogP contribution in [0.5, 0.6) is 0 Å². The van der Waals surface area contributed by atoms with Gasteiger partial charge in [0, 0.05) is 23.8 Å². The number of aromatic nitrogens is 1. The maximum absolute atomic E-state index is 12.0. The third kappa shape index (κ3) is 5.13. The first-order valence-corrected chi connectivity index (χ1v) is 9.08. The van der Waals surface area contributed by atoms with Gasteiger partial charge in [0.15, 0.2) is 0 Å². The Kier molecular flexibility index (Phi) is 6.71. The second kappa shape index (κ2) is 8.77. The Hall–Kier alpha value is -1.75. The smallest absolute Gasteiger partial charge is 0.230 e. The predicted molar refractivity (Wildman–Crippen MR) is 94.6 cm³/mol. The van der Waals surface area contributed by atoms with E-state index in [1.54, 1.807) is 11.8 Å². The fraction of sp³-hybridized carbons (Fsp3) is 0.444. The Morgan fingerprint density at radius 3 is 2.65 bits per heavy atom. The van der Waals surface area contributed by atoms with E-state index in [0.29, 0.717) is 18.2 Å². The van der Waals surface area contributed by atoms with E-state index in [9.17, 15) is 4.79 Å². The van der Waals surface area contributed by atoms with Gasteiger partial charge in [-0.1, -0.05) is 42.4 Å². The van der Waals surface area contributed by atoms with E-state index < -0.39 is 0 Å². The van der Waals surface area contributed by atoms with Gasteiger partial charge in [-0.3, -0.25) is 4.79 Å². The van der Waals surface area contributed by atoms with E-state index in [4.69, 9.17) is 4.52 Å². The molecule has 2 aromatic rings. The summed E-state index contributed by atoms with van der Waals surface area (Å²) in [6.07, 6.45) is 1.01. The van der Waals surface area contributed by atoms with Crippen molar-refractivity contribution in [3.8, 4) is 0 Å². The van der Waals surface area contributed by atoms with Crippen molar-refractivity contribution < 1.29 is 9.32 Å². The van der Waals surface area contributed by atoms with Crippen LogP contribution in [0, 0.1) is 13.8 Å². The number of hydrogen-bond acceptors (Lipinski definition) is 4. The highest BCUT2D eigenvalue weighted by Crippen LogP contribution is 2.20. The molecule has 0 spiro atoms. The van der Waals surface area contributed by atoms with E-state index in [-0.39, 0.29) is 5.91 Å². The molecular weight excluding hydrogens is 308 g/mol. The van der Waals surface area contributed by atoms with E-state index >= 15 is 0 Å². The standard InChI is InChI=1S/C18H24N2O2S/c1-4-15(16-8-6-5-7-9-16)10-19-18(21)12-23-11-17-13(2)20-22-14(17)3/h5-9,15H,4,10-12H2,1-3H3,(H,19,21). The molecule has 0 radical (unpaired) electrons. The number of nitrogens with one attached hydrogen (secondary N) is 1. The summed E-state index contributed by atoms with van der Waals surface area (Å²) in [5, 5.41) is 6.97. The minimum Gasteiger partial charge on any atom is -0.361 e. The zero-order valence-corrected chi connectivity index (χ0v) is 14.8. The fourth-order valence-electron chi connectivity index (χ4n) is 2.46. The SMILES string of the molecule is CCC(CNC(=O)CSCc1c(C)noc1C)c1ccccc1. The molecule has 5 heteroatoms. The lowest BCUT2D eigenvalue weighted by molar-refractivity contribution is -0.118. The van der Waals surface area contributed by atoms with Crippen molar-refractivity contribution in [3.05, 3.63) is 52.9 Å². The number of nitrogens with zero attached hydrogens (tertiary/aromatic N) is 1. The zero-order chi connectivity index (χ0) is 16.7. The Morgan fingerprint density at radius 1 is 1.30 bits per heavy atom. The summed E-state index contributed by atoms with van der Waals surface area (Å²) in [4.78, 5) is 12.0. The molecule has 1 atom stereocenters. The molecule has 124 valence electrons. The van der Waals surface area contributed by atoms with Crippen LogP contribution >= 0.6 is 11.8 Å². The molecule has 1 N–H and O–H groups in total. The first kappa shape index (κ1) is 17.6. The van der Waals surface area contributed by atoms with Crippen LogP contribution in [0.4, 0.5) is 0 Å². The van der Waals surface area contributed by atoms with E-state index in [1.165, 1.54) is 5.56 Å². The first-order valence-electron chi connectivity index (χ1n) is 7.93.